The van der Waals surface area contributed by atoms with Gasteiger partial charge in [-0.15, -0.1) is 5.92 Å². The van der Waals surface area contributed by atoms with Crippen LogP contribution in [0.2, 0.25) is 0 Å². The number of rotatable bonds is 1. The molecule has 1 radical (unpaired) electrons. The average molecular weight is 97.1 g/mol. The monoisotopic (exact) mass is 97.1 g/mol. The Bertz CT molecular complexity index is 86.1. The van der Waals surface area contributed by atoms with Gasteiger partial charge in [0.05, 0.1) is 0 Å². The molecule has 7 heavy (non-hydrogen) atoms. The average Bonchev–Trinajstić information content (AvgIpc) is 1.68. The van der Waals surface area contributed by atoms with Gasteiger partial charge in [0.2, 0.25) is 0 Å². The third kappa shape index (κ3) is 3.35. The van der Waals surface area contributed by atoms with Crippen molar-refractivity contribution in [2.75, 3.05) is 0 Å². The van der Waals surface area contributed by atoms with Crippen molar-refractivity contribution >= 4 is 0 Å². The Morgan fingerprint density at radius 2 is 2.29 bits per heavy atom. The third-order valence-corrected chi connectivity index (χ3v) is 0.676. The summed E-state index contributed by atoms with van der Waals surface area (Å²) in [5, 5.41) is 10.3. The van der Waals surface area contributed by atoms with Gasteiger partial charge >= 0.3 is 0 Å². The van der Waals surface area contributed by atoms with Gasteiger partial charge in [-0.2, -0.15) is 0 Å². The predicted octanol–water partition coefficient (Wildman–Crippen LogP) is 1.22. The molecule has 0 aliphatic heterocycles. The molecule has 0 bridgehead atoms. The van der Waals surface area contributed by atoms with Crippen molar-refractivity contribution < 1.29 is 5.11 Å². The minimum atomic E-state index is -0.662. The van der Waals surface area contributed by atoms with Crippen LogP contribution in [0.1, 0.15) is 20.3 Å². The summed E-state index contributed by atoms with van der Waals surface area (Å²) in [4.78, 5) is 0. The van der Waals surface area contributed by atoms with Crippen LogP contribution in [0.3, 0.4) is 0 Å². The second-order valence-corrected chi connectivity index (χ2v) is 1.29. The SMILES string of the molecule is CC#CC([O])CC. The molecule has 0 aliphatic carbocycles. The molecule has 0 aromatic carbocycles. The first-order valence-corrected chi connectivity index (χ1v) is 2.39. The smallest absolute Gasteiger partial charge is 0.153 e. The fraction of sp³-hybridized carbons (Fsp3) is 0.667. The highest BCUT2D eigenvalue weighted by molar-refractivity contribution is 5.00. The largest absolute Gasteiger partial charge is 0.219 e. The third-order valence-electron chi connectivity index (χ3n) is 0.676. The maximum Gasteiger partial charge on any atom is 0.153 e. The van der Waals surface area contributed by atoms with Crippen molar-refractivity contribution in [3.8, 4) is 11.8 Å². The predicted molar refractivity (Wildman–Crippen MR) is 28.2 cm³/mol. The molecule has 39 valence electrons. The van der Waals surface area contributed by atoms with Crippen LogP contribution < -0.4 is 0 Å². The van der Waals surface area contributed by atoms with Crippen LogP contribution in [0.25, 0.3) is 0 Å². The highest BCUT2D eigenvalue weighted by atomic mass is 16.3. The van der Waals surface area contributed by atoms with Crippen LogP contribution >= 0.6 is 0 Å². The number of hydrogen-bond donors (Lipinski definition) is 0. The normalized spacial score (nSPS) is 11.9. The number of hydrogen-bond acceptors (Lipinski definition) is 0. The molecule has 0 rings (SSSR count). The second kappa shape index (κ2) is 3.70. The van der Waals surface area contributed by atoms with Crippen LogP contribution in [0.15, 0.2) is 0 Å². The Labute approximate surface area is 44.4 Å². The molecule has 0 N–H and O–H groups in total. The van der Waals surface area contributed by atoms with Crippen molar-refractivity contribution in [1.82, 2.24) is 0 Å². The summed E-state index contributed by atoms with van der Waals surface area (Å²) in [7, 11) is 0. The molecule has 1 nitrogen and oxygen atoms in total. The van der Waals surface area contributed by atoms with Crippen LogP contribution in [-0.4, -0.2) is 6.10 Å². The maximum atomic E-state index is 10.3. The van der Waals surface area contributed by atoms with Crippen molar-refractivity contribution in [2.45, 2.75) is 26.4 Å². The van der Waals surface area contributed by atoms with Gasteiger partial charge in [0.25, 0.3) is 0 Å². The maximum absolute atomic E-state index is 10.3. The Balaban J connectivity index is 3.29. The van der Waals surface area contributed by atoms with E-state index in [4.69, 9.17) is 0 Å². The molecule has 0 amide bonds. The molecular formula is C6H9O. The van der Waals surface area contributed by atoms with Crippen molar-refractivity contribution in [1.29, 1.82) is 0 Å². The van der Waals surface area contributed by atoms with Gasteiger partial charge in [-0.05, 0) is 13.3 Å². The highest BCUT2D eigenvalue weighted by Gasteiger charge is 1.91. The van der Waals surface area contributed by atoms with Crippen molar-refractivity contribution in [3.63, 3.8) is 0 Å². The van der Waals surface area contributed by atoms with Crippen molar-refractivity contribution in [3.05, 3.63) is 0 Å². The zero-order valence-corrected chi connectivity index (χ0v) is 4.69. The fourth-order valence-corrected chi connectivity index (χ4v) is 0.263. The molecule has 0 saturated heterocycles. The Kier molecular flexibility index (Phi) is 3.45. The van der Waals surface area contributed by atoms with Crippen LogP contribution in [0.5, 0.6) is 0 Å². The van der Waals surface area contributed by atoms with E-state index in [1.807, 2.05) is 6.92 Å². The van der Waals surface area contributed by atoms with E-state index in [-0.39, 0.29) is 0 Å². The standard InChI is InChI=1S/C6H9O/c1-3-5-6(7)4-2/h6H,4H2,1-2H3. The van der Waals surface area contributed by atoms with Crippen LogP contribution in [0.4, 0.5) is 0 Å². The molecule has 0 aromatic rings. The van der Waals surface area contributed by atoms with Gasteiger partial charge in [0, 0.05) is 0 Å². The van der Waals surface area contributed by atoms with Gasteiger partial charge in [-0.25, -0.2) is 5.11 Å². The minimum absolute atomic E-state index is 0.612. The van der Waals surface area contributed by atoms with E-state index in [0.29, 0.717) is 6.42 Å². The Hall–Kier alpha value is -0.480. The summed E-state index contributed by atoms with van der Waals surface area (Å²) >= 11 is 0. The molecular weight excluding hydrogens is 88.1 g/mol. The summed E-state index contributed by atoms with van der Waals surface area (Å²) in [5.74, 6) is 5.05. The lowest BCUT2D eigenvalue weighted by molar-refractivity contribution is 0.135. The van der Waals surface area contributed by atoms with Crippen LogP contribution in [0, 0.1) is 11.8 Å². The van der Waals surface area contributed by atoms with Gasteiger partial charge in [-0.1, -0.05) is 12.8 Å². The van der Waals surface area contributed by atoms with Gasteiger partial charge < -0.3 is 0 Å². The topological polar surface area (TPSA) is 19.9 Å². The highest BCUT2D eigenvalue weighted by Crippen LogP contribution is 1.84. The zero-order valence-electron chi connectivity index (χ0n) is 4.69. The summed E-state index contributed by atoms with van der Waals surface area (Å²) in [6, 6.07) is 0. The molecule has 0 aromatic heterocycles. The van der Waals surface area contributed by atoms with Crippen molar-refractivity contribution in [2.24, 2.45) is 0 Å². The minimum Gasteiger partial charge on any atom is -0.219 e. The van der Waals surface area contributed by atoms with E-state index in [0.717, 1.165) is 0 Å². The van der Waals surface area contributed by atoms with Crippen LogP contribution in [-0.2, 0) is 5.11 Å². The summed E-state index contributed by atoms with van der Waals surface area (Å²) in [6.45, 7) is 3.52. The first kappa shape index (κ1) is 6.52. The fourth-order valence-electron chi connectivity index (χ4n) is 0.263. The molecule has 0 heterocycles. The summed E-state index contributed by atoms with van der Waals surface area (Å²) < 4.78 is 0. The molecule has 1 atom stereocenters. The lowest BCUT2D eigenvalue weighted by Crippen LogP contribution is -1.95. The molecule has 0 saturated carbocycles. The first-order chi connectivity index (χ1) is 3.31. The summed E-state index contributed by atoms with van der Waals surface area (Å²) in [5.41, 5.74) is 0. The van der Waals surface area contributed by atoms with E-state index >= 15 is 0 Å². The zero-order chi connectivity index (χ0) is 5.70. The Morgan fingerprint density at radius 3 is 2.43 bits per heavy atom. The molecule has 1 unspecified atom stereocenters. The summed E-state index contributed by atoms with van der Waals surface area (Å²) in [6.07, 6.45) is -0.0501. The lowest BCUT2D eigenvalue weighted by Gasteiger charge is -1.87. The molecule has 1 heteroatoms. The van der Waals surface area contributed by atoms with Gasteiger partial charge in [0.15, 0.2) is 6.10 Å². The van der Waals surface area contributed by atoms with Gasteiger partial charge in [-0.3, -0.25) is 0 Å². The molecule has 0 aliphatic rings. The second-order valence-electron chi connectivity index (χ2n) is 1.29. The lowest BCUT2D eigenvalue weighted by atomic mass is 10.3. The quantitative estimate of drug-likeness (QED) is 0.438. The van der Waals surface area contributed by atoms with E-state index in [2.05, 4.69) is 11.8 Å². The first-order valence-electron chi connectivity index (χ1n) is 2.39. The van der Waals surface area contributed by atoms with Gasteiger partial charge in [0.1, 0.15) is 0 Å². The van der Waals surface area contributed by atoms with E-state index in [9.17, 15) is 5.11 Å². The molecule has 0 fully saturated rings. The van der Waals surface area contributed by atoms with E-state index in [1.54, 1.807) is 6.92 Å². The Morgan fingerprint density at radius 1 is 1.71 bits per heavy atom. The molecule has 0 spiro atoms. The van der Waals surface area contributed by atoms with E-state index in [1.165, 1.54) is 0 Å². The van der Waals surface area contributed by atoms with E-state index < -0.39 is 6.10 Å².